The topological polar surface area (TPSA) is 40.2 Å². The lowest BCUT2D eigenvalue weighted by Crippen LogP contribution is -2.20. The average Bonchev–Trinajstić information content (AvgIpc) is 3.15. The lowest BCUT2D eigenvalue weighted by Gasteiger charge is -2.21. The van der Waals surface area contributed by atoms with Gasteiger partial charge in [-0.25, -0.2) is 0 Å². The van der Waals surface area contributed by atoms with Crippen molar-refractivity contribution < 1.29 is 18.9 Å². The molecule has 0 unspecified atom stereocenters. The molecule has 5 heteroatoms. The van der Waals surface area contributed by atoms with Crippen LogP contribution in [-0.4, -0.2) is 45.4 Å². The number of likely N-dealkylation sites (tertiary alicyclic amines) is 1. The number of ether oxygens (including phenoxy) is 4. The number of rotatable bonds is 5. The zero-order valence-electron chi connectivity index (χ0n) is 15.4. The predicted molar refractivity (Wildman–Crippen MR) is 99.6 cm³/mol. The third-order valence-corrected chi connectivity index (χ3v) is 5.16. The molecule has 0 amide bonds. The van der Waals surface area contributed by atoms with Gasteiger partial charge < -0.3 is 18.9 Å². The Kier molecular flexibility index (Phi) is 4.89. The highest BCUT2D eigenvalue weighted by molar-refractivity contribution is 5.44. The highest BCUT2D eigenvalue weighted by Crippen LogP contribution is 2.37. The molecule has 2 aliphatic rings. The van der Waals surface area contributed by atoms with Crippen LogP contribution in [0.25, 0.3) is 0 Å². The largest absolute Gasteiger partial charge is 0.497 e. The van der Waals surface area contributed by atoms with Crippen molar-refractivity contribution in [2.24, 2.45) is 0 Å². The van der Waals surface area contributed by atoms with Gasteiger partial charge in [0.1, 0.15) is 24.7 Å². The van der Waals surface area contributed by atoms with Gasteiger partial charge in [0, 0.05) is 24.6 Å². The number of nitrogens with zero attached hydrogens (tertiary/aromatic N) is 1. The first-order valence-corrected chi connectivity index (χ1v) is 9.09. The highest BCUT2D eigenvalue weighted by atomic mass is 16.6. The second-order valence-electron chi connectivity index (χ2n) is 6.81. The molecule has 0 saturated carbocycles. The van der Waals surface area contributed by atoms with Crippen molar-refractivity contribution in [1.29, 1.82) is 0 Å². The van der Waals surface area contributed by atoms with Crippen molar-refractivity contribution in [1.82, 2.24) is 4.90 Å². The molecule has 138 valence electrons. The minimum Gasteiger partial charge on any atom is -0.497 e. The van der Waals surface area contributed by atoms with E-state index in [9.17, 15) is 0 Å². The summed E-state index contributed by atoms with van der Waals surface area (Å²) >= 11 is 0. The first-order chi connectivity index (χ1) is 12.8. The fourth-order valence-corrected chi connectivity index (χ4v) is 3.83. The molecule has 0 spiro atoms. The van der Waals surface area contributed by atoms with Crippen LogP contribution in [0, 0.1) is 0 Å². The summed E-state index contributed by atoms with van der Waals surface area (Å²) in [6.07, 6.45) is 1.12. The smallest absolute Gasteiger partial charge is 0.161 e. The molecule has 1 saturated heterocycles. The van der Waals surface area contributed by atoms with Crippen LogP contribution in [0.3, 0.4) is 0 Å². The molecule has 4 rings (SSSR count). The average molecular weight is 355 g/mol. The molecular formula is C21H25NO4. The summed E-state index contributed by atoms with van der Waals surface area (Å²) in [4.78, 5) is 2.48. The van der Waals surface area contributed by atoms with Gasteiger partial charge in [-0.3, -0.25) is 4.90 Å². The van der Waals surface area contributed by atoms with Crippen molar-refractivity contribution in [3.8, 4) is 23.0 Å². The van der Waals surface area contributed by atoms with E-state index >= 15 is 0 Å². The Balaban J connectivity index is 1.46. The number of fused-ring (bicyclic) bond motifs is 1. The Morgan fingerprint density at radius 3 is 2.65 bits per heavy atom. The first-order valence-electron chi connectivity index (χ1n) is 9.09. The molecule has 0 aromatic heterocycles. The zero-order chi connectivity index (χ0) is 17.9. The molecule has 2 heterocycles. The normalized spacial score (nSPS) is 19.4. The molecule has 1 fully saturated rings. The van der Waals surface area contributed by atoms with Gasteiger partial charge in [0.15, 0.2) is 11.5 Å². The van der Waals surface area contributed by atoms with Gasteiger partial charge >= 0.3 is 0 Å². The van der Waals surface area contributed by atoms with Gasteiger partial charge in [-0.05, 0) is 48.9 Å². The quantitative estimate of drug-likeness (QED) is 0.821. The summed E-state index contributed by atoms with van der Waals surface area (Å²) in [5, 5.41) is 0. The van der Waals surface area contributed by atoms with Crippen molar-refractivity contribution in [2.75, 3.05) is 40.5 Å². The van der Waals surface area contributed by atoms with Crippen LogP contribution in [0.2, 0.25) is 0 Å². The van der Waals surface area contributed by atoms with Crippen molar-refractivity contribution in [3.05, 3.63) is 47.5 Å². The van der Waals surface area contributed by atoms with Crippen molar-refractivity contribution in [2.45, 2.75) is 18.9 Å². The number of hydrogen-bond acceptors (Lipinski definition) is 5. The van der Waals surface area contributed by atoms with Gasteiger partial charge in [0.05, 0.1) is 14.2 Å². The van der Waals surface area contributed by atoms with E-state index < -0.39 is 0 Å². The lowest BCUT2D eigenvalue weighted by molar-refractivity contribution is 0.171. The van der Waals surface area contributed by atoms with Crippen molar-refractivity contribution >= 4 is 0 Å². The lowest BCUT2D eigenvalue weighted by atomic mass is 9.97. The Labute approximate surface area is 154 Å². The standard InChI is InChI=1S/C21H25NO4/c1-23-17-4-6-19(24-2)18(12-17)16-7-8-22(14-16)13-15-3-5-20-21(11-15)26-10-9-25-20/h3-6,11-12,16H,7-10,13-14H2,1-2H3/t16-/m0/s1. The Bertz CT molecular complexity index is 777. The van der Waals surface area contributed by atoms with Crippen LogP contribution in [0.5, 0.6) is 23.0 Å². The van der Waals surface area contributed by atoms with Crippen LogP contribution in [-0.2, 0) is 6.54 Å². The summed E-state index contributed by atoms with van der Waals surface area (Å²) < 4.78 is 22.3. The third kappa shape index (κ3) is 3.44. The zero-order valence-corrected chi connectivity index (χ0v) is 15.4. The van der Waals surface area contributed by atoms with Gasteiger partial charge in [0.2, 0.25) is 0 Å². The predicted octanol–water partition coefficient (Wildman–Crippen LogP) is 3.46. The van der Waals surface area contributed by atoms with E-state index in [1.54, 1.807) is 14.2 Å². The molecule has 0 radical (unpaired) electrons. The Morgan fingerprint density at radius 1 is 1.00 bits per heavy atom. The maximum atomic E-state index is 5.70. The summed E-state index contributed by atoms with van der Waals surface area (Å²) in [6.45, 7) is 4.25. The molecule has 5 nitrogen and oxygen atoms in total. The van der Waals surface area contributed by atoms with Crippen LogP contribution in [0.4, 0.5) is 0 Å². The Morgan fingerprint density at radius 2 is 1.85 bits per heavy atom. The van der Waals surface area contributed by atoms with E-state index in [0.29, 0.717) is 19.1 Å². The highest BCUT2D eigenvalue weighted by Gasteiger charge is 2.27. The monoisotopic (exact) mass is 355 g/mol. The summed E-state index contributed by atoms with van der Waals surface area (Å²) in [6, 6.07) is 12.3. The Hall–Kier alpha value is -2.40. The minimum absolute atomic E-state index is 0.456. The molecule has 2 aromatic carbocycles. The van der Waals surface area contributed by atoms with Crippen LogP contribution < -0.4 is 18.9 Å². The van der Waals surface area contributed by atoms with E-state index in [1.165, 1.54) is 11.1 Å². The van der Waals surface area contributed by atoms with Crippen molar-refractivity contribution in [3.63, 3.8) is 0 Å². The maximum absolute atomic E-state index is 5.70. The van der Waals surface area contributed by atoms with Gasteiger partial charge in [-0.15, -0.1) is 0 Å². The SMILES string of the molecule is COc1ccc(OC)c([C@H]2CCN(Cc3ccc4c(c3)OCCO4)C2)c1. The van der Waals surface area contributed by atoms with Gasteiger partial charge in [-0.1, -0.05) is 6.07 Å². The van der Waals surface area contributed by atoms with Gasteiger partial charge in [0.25, 0.3) is 0 Å². The third-order valence-electron chi connectivity index (χ3n) is 5.16. The number of benzene rings is 2. The number of methoxy groups -OCH3 is 2. The van der Waals surface area contributed by atoms with E-state index in [4.69, 9.17) is 18.9 Å². The second-order valence-corrected chi connectivity index (χ2v) is 6.81. The molecule has 2 aliphatic heterocycles. The molecular weight excluding hydrogens is 330 g/mol. The minimum atomic E-state index is 0.456. The van der Waals surface area contributed by atoms with E-state index in [1.807, 2.05) is 18.2 Å². The molecule has 26 heavy (non-hydrogen) atoms. The first kappa shape index (κ1) is 17.0. The summed E-state index contributed by atoms with van der Waals surface area (Å²) in [5.74, 6) is 3.99. The summed E-state index contributed by atoms with van der Waals surface area (Å²) in [5.41, 5.74) is 2.49. The molecule has 0 N–H and O–H groups in total. The van der Waals surface area contributed by atoms with E-state index in [0.717, 1.165) is 49.1 Å². The van der Waals surface area contributed by atoms with Gasteiger partial charge in [-0.2, -0.15) is 0 Å². The molecule has 0 aliphatic carbocycles. The summed E-state index contributed by atoms with van der Waals surface area (Å²) in [7, 11) is 3.43. The van der Waals surface area contributed by atoms with E-state index in [2.05, 4.69) is 23.1 Å². The van der Waals surface area contributed by atoms with Crippen LogP contribution in [0.15, 0.2) is 36.4 Å². The van der Waals surface area contributed by atoms with Crippen LogP contribution >= 0.6 is 0 Å². The second kappa shape index (κ2) is 7.46. The molecule has 0 bridgehead atoms. The van der Waals surface area contributed by atoms with Crippen LogP contribution in [0.1, 0.15) is 23.5 Å². The maximum Gasteiger partial charge on any atom is 0.161 e. The molecule has 2 aromatic rings. The van der Waals surface area contributed by atoms with E-state index in [-0.39, 0.29) is 0 Å². The fraction of sp³-hybridized carbons (Fsp3) is 0.429. The number of hydrogen-bond donors (Lipinski definition) is 0. The molecule has 1 atom stereocenters. The fourth-order valence-electron chi connectivity index (χ4n) is 3.83.